The molecule has 1 aliphatic heterocycles. The van der Waals surface area contributed by atoms with Crippen LogP contribution in [0.4, 0.5) is 13.2 Å². The van der Waals surface area contributed by atoms with Gasteiger partial charge in [-0.05, 0) is 13.8 Å². The quantitative estimate of drug-likeness (QED) is 0.786. The maximum atomic E-state index is 12.5. The monoisotopic (exact) mass is 358 g/mol. The highest BCUT2D eigenvalue weighted by Crippen LogP contribution is 2.34. The Bertz CT molecular complexity index is 782. The molecule has 0 radical (unpaired) electrons. The molecule has 10 heteroatoms. The molecule has 136 valence electrons. The molecular weight excluding hydrogens is 341 g/mol. The Morgan fingerprint density at radius 3 is 2.92 bits per heavy atom. The zero-order valence-electron chi connectivity index (χ0n) is 13.7. The van der Waals surface area contributed by atoms with Crippen molar-refractivity contribution < 1.29 is 27.4 Å². The molecule has 0 saturated carbocycles. The summed E-state index contributed by atoms with van der Waals surface area (Å²) in [6.45, 7) is 3.01. The van der Waals surface area contributed by atoms with E-state index in [1.807, 2.05) is 6.92 Å². The first-order chi connectivity index (χ1) is 11.8. The molecule has 25 heavy (non-hydrogen) atoms. The number of rotatable bonds is 4. The molecule has 0 bridgehead atoms. The number of fused-ring (bicyclic) bond motifs is 1. The van der Waals surface area contributed by atoms with E-state index in [0.29, 0.717) is 18.5 Å². The molecule has 0 amide bonds. The lowest BCUT2D eigenvalue weighted by Crippen LogP contribution is -2.24. The molecule has 0 spiro atoms. The third-order valence-corrected chi connectivity index (χ3v) is 3.69. The van der Waals surface area contributed by atoms with Gasteiger partial charge in [0.25, 0.3) is 0 Å². The van der Waals surface area contributed by atoms with E-state index >= 15 is 0 Å². The van der Waals surface area contributed by atoms with E-state index in [1.54, 1.807) is 6.92 Å². The largest absolute Gasteiger partial charge is 0.474 e. The van der Waals surface area contributed by atoms with Crippen molar-refractivity contribution in [2.24, 2.45) is 0 Å². The first-order valence-electron chi connectivity index (χ1n) is 7.82. The molecule has 2 aromatic heterocycles. The average molecular weight is 358 g/mol. The molecule has 0 unspecified atom stereocenters. The van der Waals surface area contributed by atoms with Crippen LogP contribution in [0.2, 0.25) is 0 Å². The van der Waals surface area contributed by atoms with Gasteiger partial charge in [0.1, 0.15) is 17.8 Å². The number of nitrogens with zero attached hydrogens (tertiary/aromatic N) is 4. The van der Waals surface area contributed by atoms with Crippen molar-refractivity contribution in [1.29, 1.82) is 0 Å². The third kappa shape index (κ3) is 3.62. The average Bonchev–Trinajstić information content (AvgIpc) is 3.09. The molecule has 0 aliphatic carbocycles. The summed E-state index contributed by atoms with van der Waals surface area (Å²) in [6.07, 6.45) is -1.33. The third-order valence-electron chi connectivity index (χ3n) is 3.69. The topological polar surface area (TPSA) is 71.2 Å². The predicted molar refractivity (Wildman–Crippen MR) is 80.2 cm³/mol. The molecule has 0 saturated heterocycles. The lowest BCUT2D eigenvalue weighted by molar-refractivity contribution is -0.142. The molecule has 0 fully saturated rings. The van der Waals surface area contributed by atoms with Crippen LogP contribution in [0.25, 0.3) is 11.3 Å². The van der Waals surface area contributed by atoms with Crippen molar-refractivity contribution >= 4 is 5.97 Å². The van der Waals surface area contributed by atoms with E-state index in [-0.39, 0.29) is 29.8 Å². The Labute approximate surface area is 141 Å². The van der Waals surface area contributed by atoms with Crippen LogP contribution >= 0.6 is 0 Å². The minimum atomic E-state index is -4.39. The highest BCUT2D eigenvalue weighted by atomic mass is 19.4. The van der Waals surface area contributed by atoms with Gasteiger partial charge in [-0.3, -0.25) is 4.68 Å². The minimum absolute atomic E-state index is 0.0989. The standard InChI is InChI=1S/C15H17F3N4O3/c1-3-24-14(23)11-12(20-22-5-4-9(2)25-13(11)22)10-6-19-21(7-10)8-15(16,17)18/h6-7,9H,3-5,8H2,1-2H3/t9-/m0/s1. The van der Waals surface area contributed by atoms with Gasteiger partial charge in [0, 0.05) is 24.7 Å². The van der Waals surface area contributed by atoms with E-state index in [1.165, 1.54) is 17.1 Å². The molecule has 1 aliphatic rings. The van der Waals surface area contributed by atoms with Crippen molar-refractivity contribution in [3.63, 3.8) is 0 Å². The zero-order valence-corrected chi connectivity index (χ0v) is 13.7. The normalized spacial score (nSPS) is 17.1. The Kier molecular flexibility index (Phi) is 4.44. The highest BCUT2D eigenvalue weighted by molar-refractivity contribution is 5.98. The smallest absolute Gasteiger partial charge is 0.408 e. The van der Waals surface area contributed by atoms with Crippen LogP contribution in [0.1, 0.15) is 30.6 Å². The van der Waals surface area contributed by atoms with E-state index in [2.05, 4.69) is 10.2 Å². The van der Waals surface area contributed by atoms with Crippen LogP contribution in [-0.2, 0) is 17.8 Å². The second-order valence-electron chi connectivity index (χ2n) is 5.73. The predicted octanol–water partition coefficient (Wildman–Crippen LogP) is 2.66. The van der Waals surface area contributed by atoms with Crippen molar-refractivity contribution in [2.45, 2.75) is 45.6 Å². The first kappa shape index (κ1) is 17.3. The highest BCUT2D eigenvalue weighted by Gasteiger charge is 2.32. The Balaban J connectivity index is 2.02. The van der Waals surface area contributed by atoms with Crippen LogP contribution in [0.5, 0.6) is 5.88 Å². The summed E-state index contributed by atoms with van der Waals surface area (Å²) < 4.78 is 50.6. The first-order valence-corrected chi connectivity index (χ1v) is 7.82. The number of aromatic nitrogens is 4. The van der Waals surface area contributed by atoms with Crippen molar-refractivity contribution in [3.05, 3.63) is 18.0 Å². The molecule has 7 nitrogen and oxygen atoms in total. The van der Waals surface area contributed by atoms with E-state index in [4.69, 9.17) is 9.47 Å². The molecule has 1 atom stereocenters. The van der Waals surface area contributed by atoms with Crippen LogP contribution in [0, 0.1) is 0 Å². The number of halogens is 3. The fourth-order valence-corrected chi connectivity index (χ4v) is 2.62. The number of esters is 1. The second kappa shape index (κ2) is 6.41. The maximum Gasteiger partial charge on any atom is 0.408 e. The molecule has 2 aromatic rings. The van der Waals surface area contributed by atoms with Gasteiger partial charge in [-0.1, -0.05) is 0 Å². The van der Waals surface area contributed by atoms with Gasteiger partial charge in [-0.25, -0.2) is 9.48 Å². The van der Waals surface area contributed by atoms with E-state index in [0.717, 1.165) is 4.68 Å². The Morgan fingerprint density at radius 2 is 2.24 bits per heavy atom. The van der Waals surface area contributed by atoms with Crippen molar-refractivity contribution in [1.82, 2.24) is 19.6 Å². The SMILES string of the molecule is CCOC(=O)c1c(-c2cnn(CC(F)(F)F)c2)nn2c1O[C@@H](C)CC2. The number of hydrogen-bond donors (Lipinski definition) is 0. The summed E-state index contributed by atoms with van der Waals surface area (Å²) >= 11 is 0. The number of carbonyl (C=O) groups is 1. The van der Waals surface area contributed by atoms with Gasteiger partial charge in [0.2, 0.25) is 5.88 Å². The summed E-state index contributed by atoms with van der Waals surface area (Å²) in [7, 11) is 0. The van der Waals surface area contributed by atoms with E-state index in [9.17, 15) is 18.0 Å². The summed E-state index contributed by atoms with van der Waals surface area (Å²) in [6, 6.07) is 0. The van der Waals surface area contributed by atoms with Gasteiger partial charge in [0.15, 0.2) is 0 Å². The molecule has 0 N–H and O–H groups in total. The second-order valence-corrected chi connectivity index (χ2v) is 5.73. The molecule has 3 rings (SSSR count). The lowest BCUT2D eigenvalue weighted by atomic mass is 10.1. The van der Waals surface area contributed by atoms with Crippen LogP contribution in [0.15, 0.2) is 12.4 Å². The molecule has 3 heterocycles. The van der Waals surface area contributed by atoms with Crippen LogP contribution in [-0.4, -0.2) is 44.4 Å². The summed E-state index contributed by atoms with van der Waals surface area (Å²) in [5.74, 6) is -0.354. The van der Waals surface area contributed by atoms with Crippen molar-refractivity contribution in [3.8, 4) is 17.1 Å². The lowest BCUT2D eigenvalue weighted by Gasteiger charge is -2.21. The van der Waals surface area contributed by atoms with Gasteiger partial charge in [0.05, 0.1) is 18.9 Å². The summed E-state index contributed by atoms with van der Waals surface area (Å²) in [5, 5.41) is 8.02. The zero-order chi connectivity index (χ0) is 18.2. The van der Waals surface area contributed by atoms with Gasteiger partial charge in [-0.15, -0.1) is 0 Å². The molecule has 0 aromatic carbocycles. The molecular formula is C15H17F3N4O3. The number of carbonyl (C=O) groups excluding carboxylic acids is 1. The summed E-state index contributed by atoms with van der Waals surface area (Å²) in [4.78, 5) is 12.4. The number of hydrogen-bond acceptors (Lipinski definition) is 5. The van der Waals surface area contributed by atoms with Crippen LogP contribution in [0.3, 0.4) is 0 Å². The van der Waals surface area contributed by atoms with Gasteiger partial charge in [-0.2, -0.15) is 23.4 Å². The van der Waals surface area contributed by atoms with Gasteiger partial charge < -0.3 is 9.47 Å². The number of alkyl halides is 3. The maximum absolute atomic E-state index is 12.5. The Morgan fingerprint density at radius 1 is 1.48 bits per heavy atom. The number of ether oxygens (including phenoxy) is 2. The number of aryl methyl sites for hydroxylation is 1. The fraction of sp³-hybridized carbons (Fsp3) is 0.533. The fourth-order valence-electron chi connectivity index (χ4n) is 2.62. The van der Waals surface area contributed by atoms with E-state index < -0.39 is 18.7 Å². The summed E-state index contributed by atoms with van der Waals surface area (Å²) in [5.41, 5.74) is 0.612. The van der Waals surface area contributed by atoms with Gasteiger partial charge >= 0.3 is 12.1 Å². The van der Waals surface area contributed by atoms with Crippen molar-refractivity contribution in [2.75, 3.05) is 6.61 Å². The van der Waals surface area contributed by atoms with Crippen LogP contribution < -0.4 is 4.74 Å². The Hall–Kier alpha value is -2.52. The minimum Gasteiger partial charge on any atom is -0.474 e.